The first kappa shape index (κ1) is 20.3. The van der Waals surface area contributed by atoms with Crippen LogP contribution in [0.1, 0.15) is 41.9 Å². The van der Waals surface area contributed by atoms with Crippen LogP contribution in [-0.4, -0.2) is 56.5 Å². The topological polar surface area (TPSA) is 103 Å². The number of fused-ring (bicyclic) bond motifs is 1. The van der Waals surface area contributed by atoms with Crippen LogP contribution in [0.2, 0.25) is 0 Å². The van der Waals surface area contributed by atoms with Crippen molar-refractivity contribution >= 4 is 23.2 Å². The fraction of sp³-hybridized carbons (Fsp3) is 0.409. The smallest absolute Gasteiger partial charge is 0.256 e. The van der Waals surface area contributed by atoms with Crippen LogP contribution in [0.3, 0.4) is 0 Å². The van der Waals surface area contributed by atoms with Gasteiger partial charge in [0, 0.05) is 36.2 Å². The van der Waals surface area contributed by atoms with Gasteiger partial charge >= 0.3 is 0 Å². The maximum atomic E-state index is 12.8. The van der Waals surface area contributed by atoms with Crippen LogP contribution in [0.5, 0.6) is 0 Å². The number of benzene rings is 1. The molecule has 158 valence electrons. The van der Waals surface area contributed by atoms with E-state index in [9.17, 15) is 15.0 Å². The van der Waals surface area contributed by atoms with Gasteiger partial charge in [-0.3, -0.25) is 4.79 Å². The van der Waals surface area contributed by atoms with Crippen LogP contribution in [0.4, 0.5) is 11.6 Å². The lowest BCUT2D eigenvalue weighted by atomic mass is 9.85. The first-order valence-electron chi connectivity index (χ1n) is 10.1. The Bertz CT molecular complexity index is 1070. The van der Waals surface area contributed by atoms with E-state index in [1.54, 1.807) is 22.7 Å². The molecule has 4 rings (SSSR count). The SMILES string of the molecule is Cc1cc2nc(NC(=O)c3ccc(C(C)(C)CO)cc3)cc(N3CC[C@@H](O)C3)n2n1. The van der Waals surface area contributed by atoms with Gasteiger partial charge in [-0.1, -0.05) is 26.0 Å². The fourth-order valence-corrected chi connectivity index (χ4v) is 3.66. The lowest BCUT2D eigenvalue weighted by Gasteiger charge is -2.22. The number of aryl methyl sites for hydroxylation is 1. The Labute approximate surface area is 175 Å². The molecule has 0 radical (unpaired) electrons. The second-order valence-corrected chi connectivity index (χ2v) is 8.52. The highest BCUT2D eigenvalue weighted by atomic mass is 16.3. The summed E-state index contributed by atoms with van der Waals surface area (Å²) in [4.78, 5) is 19.4. The van der Waals surface area contributed by atoms with Gasteiger partial charge in [0.05, 0.1) is 18.4 Å². The summed E-state index contributed by atoms with van der Waals surface area (Å²) >= 11 is 0. The Morgan fingerprint density at radius 2 is 2.00 bits per heavy atom. The standard InChI is InChI=1S/C22H27N5O3/c1-14-10-19-23-18(11-20(27(19)25-14)26-9-8-17(29)12-26)24-21(30)15-4-6-16(7-5-15)22(2,3)13-28/h4-7,10-11,17,28-29H,8-9,12-13H2,1-3H3,(H,23,24,30)/t17-/m1/s1. The lowest BCUT2D eigenvalue weighted by Crippen LogP contribution is -2.24. The Morgan fingerprint density at radius 1 is 1.27 bits per heavy atom. The second kappa shape index (κ2) is 7.70. The minimum Gasteiger partial charge on any atom is -0.395 e. The van der Waals surface area contributed by atoms with Crippen molar-refractivity contribution in [1.82, 2.24) is 14.6 Å². The lowest BCUT2D eigenvalue weighted by molar-refractivity contribution is 0.102. The van der Waals surface area contributed by atoms with E-state index < -0.39 is 0 Å². The number of rotatable bonds is 5. The van der Waals surface area contributed by atoms with Crippen LogP contribution < -0.4 is 10.2 Å². The van der Waals surface area contributed by atoms with Crippen molar-refractivity contribution in [3.8, 4) is 0 Å². The number of carbonyl (C=O) groups excluding carboxylic acids is 1. The number of aliphatic hydroxyl groups is 2. The number of anilines is 2. The highest BCUT2D eigenvalue weighted by molar-refractivity contribution is 6.04. The average Bonchev–Trinajstić information content (AvgIpc) is 3.32. The maximum Gasteiger partial charge on any atom is 0.256 e. The first-order valence-corrected chi connectivity index (χ1v) is 10.1. The van der Waals surface area contributed by atoms with Crippen molar-refractivity contribution in [3.63, 3.8) is 0 Å². The summed E-state index contributed by atoms with van der Waals surface area (Å²) in [7, 11) is 0. The molecule has 1 saturated heterocycles. The zero-order valence-electron chi connectivity index (χ0n) is 17.5. The van der Waals surface area contributed by atoms with E-state index in [4.69, 9.17) is 0 Å². The summed E-state index contributed by atoms with van der Waals surface area (Å²) in [6, 6.07) is 10.9. The molecule has 0 saturated carbocycles. The molecule has 0 bridgehead atoms. The van der Waals surface area contributed by atoms with Gasteiger partial charge in [-0.25, -0.2) is 4.98 Å². The molecular formula is C22H27N5O3. The molecule has 2 aromatic heterocycles. The molecule has 1 atom stereocenters. The van der Waals surface area contributed by atoms with E-state index in [-0.39, 0.29) is 24.0 Å². The monoisotopic (exact) mass is 409 g/mol. The summed E-state index contributed by atoms with van der Waals surface area (Å²) in [5.74, 6) is 0.965. The molecule has 8 heteroatoms. The third kappa shape index (κ3) is 3.88. The summed E-state index contributed by atoms with van der Waals surface area (Å²) in [5.41, 5.74) is 2.58. The van der Waals surface area contributed by atoms with Crippen molar-refractivity contribution in [3.05, 3.63) is 53.2 Å². The van der Waals surface area contributed by atoms with Crippen LogP contribution in [-0.2, 0) is 5.41 Å². The molecule has 1 aliphatic heterocycles. The molecule has 3 N–H and O–H groups in total. The van der Waals surface area contributed by atoms with Crippen LogP contribution >= 0.6 is 0 Å². The molecule has 8 nitrogen and oxygen atoms in total. The van der Waals surface area contributed by atoms with Gasteiger partial charge in [0.2, 0.25) is 0 Å². The Balaban J connectivity index is 1.61. The van der Waals surface area contributed by atoms with Gasteiger partial charge in [0.1, 0.15) is 11.6 Å². The number of nitrogens with one attached hydrogen (secondary N) is 1. The molecule has 3 heterocycles. The van der Waals surface area contributed by atoms with Gasteiger partial charge in [0.15, 0.2) is 5.65 Å². The number of aliphatic hydroxyl groups excluding tert-OH is 2. The van der Waals surface area contributed by atoms with Crippen molar-refractivity contribution in [1.29, 1.82) is 0 Å². The zero-order valence-corrected chi connectivity index (χ0v) is 17.5. The van der Waals surface area contributed by atoms with Crippen molar-refractivity contribution in [2.45, 2.75) is 38.7 Å². The summed E-state index contributed by atoms with van der Waals surface area (Å²) in [5, 5.41) is 26.8. The highest BCUT2D eigenvalue weighted by Crippen LogP contribution is 2.26. The minimum absolute atomic E-state index is 0.0290. The molecule has 1 amide bonds. The van der Waals surface area contributed by atoms with Crippen LogP contribution in [0, 0.1) is 6.92 Å². The third-order valence-electron chi connectivity index (χ3n) is 5.58. The van der Waals surface area contributed by atoms with E-state index in [1.807, 2.05) is 43.9 Å². The third-order valence-corrected chi connectivity index (χ3v) is 5.58. The molecule has 1 aromatic carbocycles. The normalized spacial score (nSPS) is 17.0. The summed E-state index contributed by atoms with van der Waals surface area (Å²) in [6.07, 6.45) is 0.326. The van der Waals surface area contributed by atoms with Crippen molar-refractivity contribution in [2.75, 3.05) is 29.9 Å². The fourth-order valence-electron chi connectivity index (χ4n) is 3.66. The maximum absolute atomic E-state index is 12.8. The molecule has 30 heavy (non-hydrogen) atoms. The number of aromatic nitrogens is 3. The van der Waals surface area contributed by atoms with Crippen LogP contribution in [0.25, 0.3) is 5.65 Å². The summed E-state index contributed by atoms with van der Waals surface area (Å²) in [6.45, 7) is 7.06. The number of hydrogen-bond donors (Lipinski definition) is 3. The van der Waals surface area contributed by atoms with Crippen LogP contribution in [0.15, 0.2) is 36.4 Å². The summed E-state index contributed by atoms with van der Waals surface area (Å²) < 4.78 is 1.74. The number of amides is 1. The molecular weight excluding hydrogens is 382 g/mol. The van der Waals surface area contributed by atoms with Crippen molar-refractivity contribution in [2.24, 2.45) is 0 Å². The molecule has 3 aromatic rings. The molecule has 0 aliphatic carbocycles. The Morgan fingerprint density at radius 3 is 2.63 bits per heavy atom. The second-order valence-electron chi connectivity index (χ2n) is 8.52. The van der Waals surface area contributed by atoms with E-state index in [0.29, 0.717) is 36.5 Å². The van der Waals surface area contributed by atoms with Gasteiger partial charge in [-0.05, 0) is 31.0 Å². The number of β-amino-alcohol motifs (C(OH)–C–C–N with tert-alkyl or cyclic N) is 1. The zero-order chi connectivity index (χ0) is 21.5. The Kier molecular flexibility index (Phi) is 5.21. The quantitative estimate of drug-likeness (QED) is 0.597. The van der Waals surface area contributed by atoms with Gasteiger partial charge in [-0.2, -0.15) is 9.61 Å². The minimum atomic E-state index is -0.371. The van der Waals surface area contributed by atoms with Gasteiger partial charge < -0.3 is 20.4 Å². The van der Waals surface area contributed by atoms with Gasteiger partial charge in [0.25, 0.3) is 5.91 Å². The van der Waals surface area contributed by atoms with Crippen molar-refractivity contribution < 1.29 is 15.0 Å². The van der Waals surface area contributed by atoms with E-state index in [1.165, 1.54) is 0 Å². The predicted octanol–water partition coefficient (Wildman–Crippen LogP) is 2.13. The Hall–Kier alpha value is -2.97. The number of nitrogens with zero attached hydrogens (tertiary/aromatic N) is 4. The average molecular weight is 409 g/mol. The number of carbonyl (C=O) groups is 1. The van der Waals surface area contributed by atoms with Gasteiger partial charge in [-0.15, -0.1) is 0 Å². The molecule has 1 aliphatic rings. The molecule has 0 unspecified atom stereocenters. The van der Waals surface area contributed by atoms with E-state index >= 15 is 0 Å². The van der Waals surface area contributed by atoms with E-state index in [0.717, 1.165) is 17.1 Å². The highest BCUT2D eigenvalue weighted by Gasteiger charge is 2.24. The first-order chi connectivity index (χ1) is 14.3. The largest absolute Gasteiger partial charge is 0.395 e. The number of hydrogen-bond acceptors (Lipinski definition) is 6. The molecule has 0 spiro atoms. The molecule has 1 fully saturated rings. The van der Waals surface area contributed by atoms with E-state index in [2.05, 4.69) is 15.4 Å². The predicted molar refractivity (Wildman–Crippen MR) is 115 cm³/mol.